The highest BCUT2D eigenvalue weighted by molar-refractivity contribution is 6.05. The molecule has 1 aliphatic rings. The van der Waals surface area contributed by atoms with E-state index >= 15 is 0 Å². The average molecular weight is 297 g/mol. The molecule has 21 heavy (non-hydrogen) atoms. The maximum atomic E-state index is 12.4. The minimum atomic E-state index is -0.901. The lowest BCUT2D eigenvalue weighted by Gasteiger charge is -2.26. The largest absolute Gasteiger partial charge is 0.460 e. The Hall–Kier alpha value is -1.39. The molecule has 1 heterocycles. The lowest BCUT2D eigenvalue weighted by molar-refractivity contribution is -0.162. The number of amides is 1. The van der Waals surface area contributed by atoms with E-state index in [0.717, 1.165) is 0 Å². The van der Waals surface area contributed by atoms with Gasteiger partial charge in [-0.3, -0.25) is 14.4 Å². The van der Waals surface area contributed by atoms with E-state index in [2.05, 4.69) is 0 Å². The van der Waals surface area contributed by atoms with Gasteiger partial charge < -0.3 is 9.64 Å². The predicted octanol–water partition coefficient (Wildman–Crippen LogP) is 2.04. The molecule has 0 aromatic carbocycles. The molecule has 0 saturated carbocycles. The molecule has 0 radical (unpaired) electrons. The zero-order valence-electron chi connectivity index (χ0n) is 14.1. The molecule has 1 rings (SSSR count). The van der Waals surface area contributed by atoms with Crippen molar-refractivity contribution in [2.75, 3.05) is 13.1 Å². The molecule has 0 aliphatic carbocycles. The molecule has 0 aromatic heterocycles. The summed E-state index contributed by atoms with van der Waals surface area (Å²) >= 11 is 0. The predicted molar refractivity (Wildman–Crippen MR) is 79.5 cm³/mol. The number of nitrogens with zero attached hydrogens (tertiary/aromatic N) is 1. The molecular weight excluding hydrogens is 270 g/mol. The van der Waals surface area contributed by atoms with Crippen molar-refractivity contribution in [3.8, 4) is 0 Å². The number of hydrogen-bond acceptors (Lipinski definition) is 4. The second-order valence-electron chi connectivity index (χ2n) is 8.01. The van der Waals surface area contributed by atoms with Crippen molar-refractivity contribution in [3.05, 3.63) is 0 Å². The van der Waals surface area contributed by atoms with Crippen LogP contribution in [0, 0.1) is 17.3 Å². The smallest absolute Gasteiger partial charge is 0.312 e. The highest BCUT2D eigenvalue weighted by Gasteiger charge is 2.48. The summed E-state index contributed by atoms with van der Waals surface area (Å²) < 4.78 is 5.36. The van der Waals surface area contributed by atoms with Crippen molar-refractivity contribution < 1.29 is 19.1 Å². The minimum absolute atomic E-state index is 0.0835. The number of likely N-dealkylation sites (tertiary alicyclic amines) is 1. The van der Waals surface area contributed by atoms with E-state index in [0.29, 0.717) is 6.54 Å². The maximum absolute atomic E-state index is 12.4. The first kappa shape index (κ1) is 17.7. The molecule has 1 aliphatic heterocycles. The third-order valence-electron chi connectivity index (χ3n) is 3.21. The molecule has 1 amide bonds. The zero-order chi connectivity index (χ0) is 16.6. The van der Waals surface area contributed by atoms with Crippen LogP contribution < -0.4 is 0 Å². The Kier molecular flexibility index (Phi) is 4.86. The summed E-state index contributed by atoms with van der Waals surface area (Å²) in [5.74, 6) is -2.59. The van der Waals surface area contributed by atoms with Gasteiger partial charge in [-0.15, -0.1) is 0 Å². The monoisotopic (exact) mass is 297 g/mol. The minimum Gasteiger partial charge on any atom is -0.460 e. The summed E-state index contributed by atoms with van der Waals surface area (Å²) in [6, 6.07) is 0. The van der Waals surface area contributed by atoms with Crippen LogP contribution in [0.2, 0.25) is 0 Å². The quantitative estimate of drug-likeness (QED) is 0.590. The molecule has 2 atom stereocenters. The Morgan fingerprint density at radius 3 is 2.10 bits per heavy atom. The van der Waals surface area contributed by atoms with Gasteiger partial charge >= 0.3 is 5.97 Å². The van der Waals surface area contributed by atoms with E-state index in [1.807, 2.05) is 20.8 Å². The first-order valence-corrected chi connectivity index (χ1v) is 7.34. The van der Waals surface area contributed by atoms with Crippen LogP contribution in [0.4, 0.5) is 0 Å². The highest BCUT2D eigenvalue weighted by atomic mass is 16.6. The van der Waals surface area contributed by atoms with E-state index in [4.69, 9.17) is 4.74 Å². The van der Waals surface area contributed by atoms with Gasteiger partial charge in [-0.05, 0) is 33.1 Å². The van der Waals surface area contributed by atoms with Gasteiger partial charge in [0.25, 0.3) is 0 Å². The van der Waals surface area contributed by atoms with E-state index < -0.39 is 23.4 Å². The molecule has 0 N–H and O–H groups in total. The summed E-state index contributed by atoms with van der Waals surface area (Å²) in [5.41, 5.74) is -0.710. The van der Waals surface area contributed by atoms with Crippen LogP contribution >= 0.6 is 0 Å². The molecule has 0 aromatic rings. The molecule has 1 fully saturated rings. The van der Waals surface area contributed by atoms with Gasteiger partial charge in [0.2, 0.25) is 5.91 Å². The molecule has 0 unspecified atom stereocenters. The van der Waals surface area contributed by atoms with Crippen LogP contribution in [-0.2, 0) is 19.1 Å². The number of Topliss-reactive ketones (excluding diaryl/α,β-unsaturated/α-hetero) is 1. The normalized spacial score (nSPS) is 23.4. The zero-order valence-corrected chi connectivity index (χ0v) is 14.1. The van der Waals surface area contributed by atoms with E-state index in [1.54, 1.807) is 25.7 Å². The number of carbonyl (C=O) groups excluding carboxylic acids is 3. The molecule has 1 saturated heterocycles. The van der Waals surface area contributed by atoms with Crippen molar-refractivity contribution in [1.82, 2.24) is 4.90 Å². The fourth-order valence-corrected chi connectivity index (χ4v) is 2.56. The number of rotatable bonds is 3. The van der Waals surface area contributed by atoms with Crippen LogP contribution in [0.3, 0.4) is 0 Å². The number of esters is 1. The molecule has 5 heteroatoms. The summed E-state index contributed by atoms with van der Waals surface area (Å²) in [4.78, 5) is 38.1. The summed E-state index contributed by atoms with van der Waals surface area (Å²) in [6.07, 6.45) is 0. The van der Waals surface area contributed by atoms with Gasteiger partial charge in [-0.1, -0.05) is 20.8 Å². The Bertz CT molecular complexity index is 442. The van der Waals surface area contributed by atoms with Crippen molar-refractivity contribution in [2.24, 2.45) is 17.3 Å². The lowest BCUT2D eigenvalue weighted by atomic mass is 9.92. The van der Waals surface area contributed by atoms with E-state index in [1.165, 1.54) is 6.92 Å². The topological polar surface area (TPSA) is 63.7 Å². The van der Waals surface area contributed by atoms with Crippen molar-refractivity contribution in [1.29, 1.82) is 0 Å². The Morgan fingerprint density at radius 1 is 1.19 bits per heavy atom. The maximum Gasteiger partial charge on any atom is 0.312 e. The van der Waals surface area contributed by atoms with Crippen LogP contribution in [0.5, 0.6) is 0 Å². The standard InChI is InChI=1S/C16H27NO4/c1-10(18)12-11(14(20)21-16(5,6)7)8-17(13(12)19)9-15(2,3)4/h11-12H,8-9H2,1-7H3/t11-,12+/m1/s1. The van der Waals surface area contributed by atoms with Gasteiger partial charge in [0, 0.05) is 13.1 Å². The van der Waals surface area contributed by atoms with Gasteiger partial charge in [-0.25, -0.2) is 0 Å². The first-order chi connectivity index (χ1) is 9.32. The molecule has 0 bridgehead atoms. The fourth-order valence-electron chi connectivity index (χ4n) is 2.56. The number of hydrogen-bond donors (Lipinski definition) is 0. The van der Waals surface area contributed by atoms with Gasteiger partial charge in [0.05, 0.1) is 5.92 Å². The molecule has 120 valence electrons. The summed E-state index contributed by atoms with van der Waals surface area (Å²) in [7, 11) is 0. The number of ether oxygens (including phenoxy) is 1. The van der Waals surface area contributed by atoms with Gasteiger partial charge in [0.15, 0.2) is 0 Å². The average Bonchev–Trinajstić information content (AvgIpc) is 2.51. The van der Waals surface area contributed by atoms with Gasteiger partial charge in [0.1, 0.15) is 17.3 Å². The van der Waals surface area contributed by atoms with Gasteiger partial charge in [-0.2, -0.15) is 0 Å². The van der Waals surface area contributed by atoms with Crippen LogP contribution in [0.15, 0.2) is 0 Å². The second kappa shape index (κ2) is 5.78. The molecule has 0 spiro atoms. The van der Waals surface area contributed by atoms with Crippen LogP contribution in [0.1, 0.15) is 48.5 Å². The Balaban J connectivity index is 2.95. The highest BCUT2D eigenvalue weighted by Crippen LogP contribution is 2.30. The SMILES string of the molecule is CC(=O)[C@@H]1C(=O)N(CC(C)(C)C)C[C@H]1C(=O)OC(C)(C)C. The second-order valence-corrected chi connectivity index (χ2v) is 8.01. The third-order valence-corrected chi connectivity index (χ3v) is 3.21. The van der Waals surface area contributed by atoms with Crippen LogP contribution in [0.25, 0.3) is 0 Å². The van der Waals surface area contributed by atoms with Crippen molar-refractivity contribution in [3.63, 3.8) is 0 Å². The van der Waals surface area contributed by atoms with Crippen LogP contribution in [-0.4, -0.2) is 41.3 Å². The first-order valence-electron chi connectivity index (χ1n) is 7.34. The van der Waals surface area contributed by atoms with Crippen molar-refractivity contribution in [2.45, 2.75) is 54.1 Å². The van der Waals surface area contributed by atoms with E-state index in [9.17, 15) is 14.4 Å². The molecule has 5 nitrogen and oxygen atoms in total. The lowest BCUT2D eigenvalue weighted by Crippen LogP contribution is -2.36. The Labute approximate surface area is 127 Å². The van der Waals surface area contributed by atoms with Crippen molar-refractivity contribution >= 4 is 17.7 Å². The third kappa shape index (κ3) is 4.83. The Morgan fingerprint density at radius 2 is 1.71 bits per heavy atom. The number of carbonyl (C=O) groups is 3. The fraction of sp³-hybridized carbons (Fsp3) is 0.812. The molecular formula is C16H27NO4. The van der Waals surface area contributed by atoms with E-state index in [-0.39, 0.29) is 23.7 Å². The number of ketones is 1. The summed E-state index contributed by atoms with van der Waals surface area (Å²) in [6.45, 7) is 13.5. The summed E-state index contributed by atoms with van der Waals surface area (Å²) in [5, 5.41) is 0.